The topological polar surface area (TPSA) is 52.6 Å². The van der Waals surface area contributed by atoms with Gasteiger partial charge in [0, 0.05) is 6.54 Å². The number of nitrogens with zero attached hydrogens (tertiary/aromatic N) is 1. The molecule has 1 radical (unpaired) electrons. The van der Waals surface area contributed by atoms with Gasteiger partial charge in [0.25, 0.3) is 0 Å². The zero-order valence-electron chi connectivity index (χ0n) is 7.55. The van der Waals surface area contributed by atoms with Crippen molar-refractivity contribution in [1.82, 2.24) is 10.2 Å². The number of aliphatic hydroxyl groups is 1. The molecule has 0 aromatic carbocycles. The van der Waals surface area contributed by atoms with Gasteiger partial charge in [-0.25, -0.2) is 0 Å². The summed E-state index contributed by atoms with van der Waals surface area (Å²) in [5.74, 6) is -0.0556. The number of rotatable bonds is 6. The van der Waals surface area contributed by atoms with Crippen LogP contribution in [-0.4, -0.2) is 49.2 Å². The van der Waals surface area contributed by atoms with Crippen molar-refractivity contribution >= 4 is 5.91 Å². The zero-order valence-corrected chi connectivity index (χ0v) is 7.55. The van der Waals surface area contributed by atoms with Gasteiger partial charge in [0.05, 0.1) is 13.2 Å². The van der Waals surface area contributed by atoms with E-state index in [1.54, 1.807) is 0 Å². The lowest BCUT2D eigenvalue weighted by atomic mass is 10.4. The first-order chi connectivity index (χ1) is 5.70. The summed E-state index contributed by atoms with van der Waals surface area (Å²) < 4.78 is 0. The van der Waals surface area contributed by atoms with Gasteiger partial charge in [-0.2, -0.15) is 0 Å². The van der Waals surface area contributed by atoms with E-state index in [1.165, 1.54) is 0 Å². The molecule has 2 N–H and O–H groups in total. The molecule has 0 saturated carbocycles. The number of hydrogen-bond donors (Lipinski definition) is 2. The van der Waals surface area contributed by atoms with Crippen molar-refractivity contribution in [2.75, 3.05) is 33.3 Å². The quantitative estimate of drug-likeness (QED) is 0.556. The monoisotopic (exact) mass is 173 g/mol. The molecule has 0 aromatic rings. The molecule has 71 valence electrons. The predicted octanol–water partition coefficient (Wildman–Crippen LogP) is -0.749. The molecule has 0 heterocycles. The van der Waals surface area contributed by atoms with Gasteiger partial charge in [0.1, 0.15) is 0 Å². The molecule has 4 nitrogen and oxygen atoms in total. The van der Waals surface area contributed by atoms with Gasteiger partial charge in [-0.3, -0.25) is 9.69 Å². The lowest BCUT2D eigenvalue weighted by molar-refractivity contribution is -0.122. The lowest BCUT2D eigenvalue weighted by Crippen LogP contribution is -2.36. The molecule has 0 aliphatic carbocycles. The van der Waals surface area contributed by atoms with E-state index in [2.05, 4.69) is 12.2 Å². The highest BCUT2D eigenvalue weighted by Gasteiger charge is 2.03. The average molecular weight is 173 g/mol. The number of aliphatic hydroxyl groups excluding tert-OH is 1. The van der Waals surface area contributed by atoms with Crippen molar-refractivity contribution in [3.05, 3.63) is 6.92 Å². The van der Waals surface area contributed by atoms with E-state index >= 15 is 0 Å². The first-order valence-electron chi connectivity index (χ1n) is 4.06. The number of carbonyl (C=O) groups is 1. The molecule has 0 aliphatic rings. The van der Waals surface area contributed by atoms with Crippen LogP contribution in [0.1, 0.15) is 6.42 Å². The molecule has 0 spiro atoms. The van der Waals surface area contributed by atoms with Crippen molar-refractivity contribution in [2.24, 2.45) is 0 Å². The maximum Gasteiger partial charge on any atom is 0.234 e. The highest BCUT2D eigenvalue weighted by molar-refractivity contribution is 5.77. The normalized spacial score (nSPS) is 10.3. The minimum atomic E-state index is -0.0556. The average Bonchev–Trinajstić information content (AvgIpc) is 2.01. The fraction of sp³-hybridized carbons (Fsp3) is 0.750. The summed E-state index contributed by atoms with van der Waals surface area (Å²) in [4.78, 5) is 12.9. The fourth-order valence-corrected chi connectivity index (χ4v) is 0.845. The van der Waals surface area contributed by atoms with Crippen LogP contribution in [0, 0.1) is 6.92 Å². The van der Waals surface area contributed by atoms with Gasteiger partial charge >= 0.3 is 0 Å². The van der Waals surface area contributed by atoms with Crippen LogP contribution < -0.4 is 5.32 Å². The van der Waals surface area contributed by atoms with Crippen molar-refractivity contribution in [1.29, 1.82) is 0 Å². The molecule has 1 amide bonds. The number of nitrogens with one attached hydrogen (secondary N) is 1. The summed E-state index contributed by atoms with van der Waals surface area (Å²) in [6.45, 7) is 5.19. The Bertz CT molecular complexity index is 128. The van der Waals surface area contributed by atoms with E-state index in [4.69, 9.17) is 5.11 Å². The van der Waals surface area contributed by atoms with E-state index in [0.717, 1.165) is 13.0 Å². The maximum atomic E-state index is 11.0. The number of hydrogen-bond acceptors (Lipinski definition) is 3. The standard InChI is InChI=1S/C8H17N2O2/c1-3-5-10(2)7-8(12)9-4-6-11/h11H,1,3-7H2,2H3,(H,9,12). The summed E-state index contributed by atoms with van der Waals surface area (Å²) >= 11 is 0. The molecule has 4 heteroatoms. The van der Waals surface area contributed by atoms with Gasteiger partial charge in [0.15, 0.2) is 0 Å². The van der Waals surface area contributed by atoms with Crippen LogP contribution in [0.25, 0.3) is 0 Å². The molecule has 0 aromatic heterocycles. The van der Waals surface area contributed by atoms with Gasteiger partial charge < -0.3 is 10.4 Å². The lowest BCUT2D eigenvalue weighted by Gasteiger charge is -2.14. The van der Waals surface area contributed by atoms with Crippen molar-refractivity contribution in [3.63, 3.8) is 0 Å². The summed E-state index contributed by atoms with van der Waals surface area (Å²) in [6, 6.07) is 0. The van der Waals surface area contributed by atoms with E-state index in [0.29, 0.717) is 13.1 Å². The SMILES string of the molecule is [CH2]CCN(C)CC(=O)NCCO. The Labute approximate surface area is 73.6 Å². The third-order valence-corrected chi connectivity index (χ3v) is 1.39. The Morgan fingerprint density at radius 3 is 2.83 bits per heavy atom. The van der Waals surface area contributed by atoms with Crippen molar-refractivity contribution in [3.8, 4) is 0 Å². The minimum Gasteiger partial charge on any atom is -0.395 e. The second-order valence-electron chi connectivity index (χ2n) is 2.66. The van der Waals surface area contributed by atoms with Crippen LogP contribution >= 0.6 is 0 Å². The molecule has 0 atom stereocenters. The van der Waals surface area contributed by atoms with E-state index in [1.807, 2.05) is 11.9 Å². The Kier molecular flexibility index (Phi) is 6.70. The molecule has 0 fully saturated rings. The number of likely N-dealkylation sites (N-methyl/N-ethyl adjacent to an activating group) is 1. The van der Waals surface area contributed by atoms with Crippen LogP contribution in [0.5, 0.6) is 0 Å². The molecule has 0 rings (SSSR count). The Morgan fingerprint density at radius 2 is 2.33 bits per heavy atom. The smallest absolute Gasteiger partial charge is 0.234 e. The molecule has 0 bridgehead atoms. The third kappa shape index (κ3) is 6.12. The van der Waals surface area contributed by atoms with Crippen LogP contribution in [0.4, 0.5) is 0 Å². The molecular formula is C8H17N2O2. The van der Waals surface area contributed by atoms with Gasteiger partial charge in [0.2, 0.25) is 5.91 Å². The van der Waals surface area contributed by atoms with Crippen LogP contribution in [0.3, 0.4) is 0 Å². The fourth-order valence-electron chi connectivity index (χ4n) is 0.845. The molecule has 0 unspecified atom stereocenters. The number of amides is 1. The summed E-state index contributed by atoms with van der Waals surface area (Å²) in [6.07, 6.45) is 0.795. The maximum absolute atomic E-state index is 11.0. The highest BCUT2D eigenvalue weighted by atomic mass is 16.3. The van der Waals surface area contributed by atoms with Gasteiger partial charge in [-0.15, -0.1) is 0 Å². The van der Waals surface area contributed by atoms with Crippen LogP contribution in [0.2, 0.25) is 0 Å². The third-order valence-electron chi connectivity index (χ3n) is 1.39. The first kappa shape index (κ1) is 11.4. The van der Waals surface area contributed by atoms with Crippen LogP contribution in [-0.2, 0) is 4.79 Å². The highest BCUT2D eigenvalue weighted by Crippen LogP contribution is 1.84. The Hall–Kier alpha value is -0.610. The second kappa shape index (κ2) is 7.06. The largest absolute Gasteiger partial charge is 0.395 e. The predicted molar refractivity (Wildman–Crippen MR) is 47.6 cm³/mol. The van der Waals surface area contributed by atoms with E-state index in [9.17, 15) is 4.79 Å². The summed E-state index contributed by atoms with van der Waals surface area (Å²) in [5.41, 5.74) is 0. The van der Waals surface area contributed by atoms with Crippen molar-refractivity contribution < 1.29 is 9.90 Å². The summed E-state index contributed by atoms with van der Waals surface area (Å²) in [5, 5.41) is 11.0. The first-order valence-corrected chi connectivity index (χ1v) is 4.06. The van der Waals surface area contributed by atoms with Gasteiger partial charge in [-0.05, 0) is 20.0 Å². The minimum absolute atomic E-state index is 0.00914. The molecule has 0 saturated heterocycles. The Morgan fingerprint density at radius 1 is 1.67 bits per heavy atom. The van der Waals surface area contributed by atoms with E-state index < -0.39 is 0 Å². The van der Waals surface area contributed by atoms with E-state index in [-0.39, 0.29) is 12.5 Å². The zero-order chi connectivity index (χ0) is 9.40. The molecular weight excluding hydrogens is 156 g/mol. The number of carbonyl (C=O) groups excluding carboxylic acids is 1. The van der Waals surface area contributed by atoms with Gasteiger partial charge in [-0.1, -0.05) is 6.92 Å². The van der Waals surface area contributed by atoms with Crippen LogP contribution in [0.15, 0.2) is 0 Å². The molecule has 0 aliphatic heterocycles. The molecule has 12 heavy (non-hydrogen) atoms. The summed E-state index contributed by atoms with van der Waals surface area (Å²) in [7, 11) is 1.86. The van der Waals surface area contributed by atoms with Crippen molar-refractivity contribution in [2.45, 2.75) is 6.42 Å². The second-order valence-corrected chi connectivity index (χ2v) is 2.66. The Balaban J connectivity index is 3.40.